The average molecular weight is 250 g/mol. The van der Waals surface area contributed by atoms with Gasteiger partial charge in [0.15, 0.2) is 0 Å². The number of nitrogens with one attached hydrogen (secondary N) is 1. The van der Waals surface area contributed by atoms with Crippen molar-refractivity contribution in [3.8, 4) is 0 Å². The zero-order valence-electron chi connectivity index (χ0n) is 10.6. The molecule has 0 bridgehead atoms. The number of carbonyl (C=O) groups excluding carboxylic acids is 1. The highest BCUT2D eigenvalue weighted by Crippen LogP contribution is 2.25. The topological polar surface area (TPSA) is 79.3 Å². The number of carboxylic acid groups (broad SMARTS) is 1. The summed E-state index contributed by atoms with van der Waals surface area (Å²) in [6.07, 6.45) is 2.47. The lowest BCUT2D eigenvalue weighted by Crippen LogP contribution is -2.42. The first-order valence-corrected chi connectivity index (χ1v) is 5.98. The Morgan fingerprint density at radius 3 is 2.44 bits per heavy atom. The van der Waals surface area contributed by atoms with E-state index in [2.05, 4.69) is 10.3 Å². The molecule has 1 aromatic rings. The molecule has 1 aromatic heterocycles. The number of aromatic nitrogens is 1. The summed E-state index contributed by atoms with van der Waals surface area (Å²) in [5.74, 6) is -1.23. The minimum absolute atomic E-state index is 0.116. The molecular weight excluding hydrogens is 232 g/mol. The maximum absolute atomic E-state index is 11.8. The second-order valence-electron chi connectivity index (χ2n) is 4.19. The van der Waals surface area contributed by atoms with Crippen LogP contribution in [0.25, 0.3) is 0 Å². The van der Waals surface area contributed by atoms with Crippen molar-refractivity contribution in [1.29, 1.82) is 0 Å². The van der Waals surface area contributed by atoms with Crippen LogP contribution in [0.15, 0.2) is 24.4 Å². The lowest BCUT2D eigenvalue weighted by Gasteiger charge is -2.26. The quantitative estimate of drug-likeness (QED) is 0.805. The molecule has 0 aliphatic heterocycles. The van der Waals surface area contributed by atoms with Crippen LogP contribution in [0.3, 0.4) is 0 Å². The van der Waals surface area contributed by atoms with Gasteiger partial charge in [0.25, 0.3) is 5.91 Å². The third-order valence-electron chi connectivity index (χ3n) is 3.29. The highest BCUT2D eigenvalue weighted by Gasteiger charge is 2.35. The van der Waals surface area contributed by atoms with Gasteiger partial charge in [0.2, 0.25) is 0 Å². The van der Waals surface area contributed by atoms with Gasteiger partial charge in [0.05, 0.1) is 5.41 Å². The molecule has 1 heterocycles. The van der Waals surface area contributed by atoms with Crippen LogP contribution in [-0.4, -0.2) is 28.5 Å². The first kappa shape index (κ1) is 14.2. The molecule has 98 valence electrons. The Morgan fingerprint density at radius 2 is 2.00 bits per heavy atom. The molecule has 0 aromatic carbocycles. The first-order valence-electron chi connectivity index (χ1n) is 5.98. The Hall–Kier alpha value is -1.91. The number of carboxylic acids is 1. The fraction of sp³-hybridized carbons (Fsp3) is 0.462. The number of hydrogen-bond donors (Lipinski definition) is 2. The van der Waals surface area contributed by atoms with Crippen LogP contribution in [0.5, 0.6) is 0 Å². The summed E-state index contributed by atoms with van der Waals surface area (Å²) < 4.78 is 0. The van der Waals surface area contributed by atoms with E-state index in [-0.39, 0.29) is 12.5 Å². The Labute approximate surface area is 106 Å². The van der Waals surface area contributed by atoms with Crippen LogP contribution in [0.2, 0.25) is 0 Å². The number of pyridine rings is 1. The van der Waals surface area contributed by atoms with Gasteiger partial charge in [-0.05, 0) is 25.0 Å². The van der Waals surface area contributed by atoms with Gasteiger partial charge >= 0.3 is 5.97 Å². The van der Waals surface area contributed by atoms with E-state index in [1.54, 1.807) is 18.2 Å². The Kier molecular flexibility index (Phi) is 4.83. The first-order chi connectivity index (χ1) is 8.55. The number of nitrogens with zero attached hydrogens (tertiary/aromatic N) is 1. The van der Waals surface area contributed by atoms with Crippen molar-refractivity contribution >= 4 is 11.9 Å². The van der Waals surface area contributed by atoms with Gasteiger partial charge in [-0.25, -0.2) is 0 Å². The Morgan fingerprint density at radius 1 is 1.33 bits per heavy atom. The van der Waals surface area contributed by atoms with Crippen LogP contribution >= 0.6 is 0 Å². The molecule has 0 spiro atoms. The highest BCUT2D eigenvalue weighted by atomic mass is 16.4. The highest BCUT2D eigenvalue weighted by molar-refractivity contribution is 5.92. The van der Waals surface area contributed by atoms with Crippen molar-refractivity contribution in [3.05, 3.63) is 30.1 Å². The largest absolute Gasteiger partial charge is 0.481 e. The lowest BCUT2D eigenvalue weighted by molar-refractivity contribution is -0.149. The number of amides is 1. The average Bonchev–Trinajstić information content (AvgIpc) is 2.41. The van der Waals surface area contributed by atoms with E-state index in [9.17, 15) is 14.7 Å². The molecular formula is C13H18N2O3. The van der Waals surface area contributed by atoms with E-state index < -0.39 is 11.4 Å². The number of rotatable bonds is 6. The molecule has 1 amide bonds. The molecule has 0 aliphatic carbocycles. The van der Waals surface area contributed by atoms with Crippen LogP contribution in [0.4, 0.5) is 0 Å². The smallest absolute Gasteiger partial charge is 0.311 e. The molecule has 0 radical (unpaired) electrons. The van der Waals surface area contributed by atoms with E-state index in [1.165, 1.54) is 6.20 Å². The summed E-state index contributed by atoms with van der Waals surface area (Å²) in [6, 6.07) is 5.03. The second-order valence-corrected chi connectivity index (χ2v) is 4.19. The molecule has 0 aliphatic rings. The third kappa shape index (κ3) is 3.06. The zero-order chi connectivity index (χ0) is 13.6. The van der Waals surface area contributed by atoms with Gasteiger partial charge in [-0.1, -0.05) is 19.9 Å². The number of aliphatic carboxylic acids is 1. The summed E-state index contributed by atoms with van der Waals surface area (Å²) >= 11 is 0. The van der Waals surface area contributed by atoms with Crippen molar-refractivity contribution in [2.45, 2.75) is 26.7 Å². The number of hydrogen-bond acceptors (Lipinski definition) is 3. The normalized spacial score (nSPS) is 11.0. The Balaban J connectivity index is 2.69. The van der Waals surface area contributed by atoms with E-state index in [0.717, 1.165) is 0 Å². The van der Waals surface area contributed by atoms with Crippen LogP contribution < -0.4 is 5.32 Å². The van der Waals surface area contributed by atoms with Crippen molar-refractivity contribution in [1.82, 2.24) is 10.3 Å². The van der Waals surface area contributed by atoms with Crippen LogP contribution in [-0.2, 0) is 4.79 Å². The van der Waals surface area contributed by atoms with E-state index in [0.29, 0.717) is 18.5 Å². The van der Waals surface area contributed by atoms with Crippen molar-refractivity contribution in [2.75, 3.05) is 6.54 Å². The zero-order valence-corrected chi connectivity index (χ0v) is 10.6. The van der Waals surface area contributed by atoms with Crippen molar-refractivity contribution < 1.29 is 14.7 Å². The molecule has 2 N–H and O–H groups in total. The van der Waals surface area contributed by atoms with Crippen molar-refractivity contribution in [3.63, 3.8) is 0 Å². The SMILES string of the molecule is CCC(CC)(CNC(=O)c1ccccn1)C(=O)O. The fourth-order valence-corrected chi connectivity index (χ4v) is 1.72. The third-order valence-corrected chi connectivity index (χ3v) is 3.29. The second kappa shape index (κ2) is 6.14. The summed E-state index contributed by atoms with van der Waals surface area (Å²) in [6.45, 7) is 3.74. The van der Waals surface area contributed by atoms with Gasteiger partial charge in [-0.15, -0.1) is 0 Å². The van der Waals surface area contributed by atoms with Gasteiger partial charge in [-0.3, -0.25) is 14.6 Å². The summed E-state index contributed by atoms with van der Waals surface area (Å²) in [4.78, 5) is 27.0. The predicted octanol–water partition coefficient (Wildman–Crippen LogP) is 1.70. The lowest BCUT2D eigenvalue weighted by atomic mass is 9.82. The maximum Gasteiger partial charge on any atom is 0.311 e. The predicted molar refractivity (Wildman–Crippen MR) is 67.2 cm³/mol. The molecule has 0 atom stereocenters. The van der Waals surface area contributed by atoms with E-state index in [4.69, 9.17) is 0 Å². The van der Waals surface area contributed by atoms with Gasteiger partial charge < -0.3 is 10.4 Å². The molecule has 5 heteroatoms. The molecule has 1 rings (SSSR count). The molecule has 0 saturated carbocycles. The standard InChI is InChI=1S/C13H18N2O3/c1-3-13(4-2,12(17)18)9-15-11(16)10-7-5-6-8-14-10/h5-8H,3-4,9H2,1-2H3,(H,15,16)(H,17,18). The minimum atomic E-state index is -0.898. The summed E-state index contributed by atoms with van der Waals surface area (Å²) in [5.41, 5.74) is -0.603. The molecule has 5 nitrogen and oxygen atoms in total. The minimum Gasteiger partial charge on any atom is -0.481 e. The summed E-state index contributed by atoms with van der Waals surface area (Å²) in [5, 5.41) is 11.9. The Bertz CT molecular complexity index is 414. The van der Waals surface area contributed by atoms with Gasteiger partial charge in [-0.2, -0.15) is 0 Å². The van der Waals surface area contributed by atoms with Gasteiger partial charge in [0, 0.05) is 12.7 Å². The van der Waals surface area contributed by atoms with Gasteiger partial charge in [0.1, 0.15) is 5.69 Å². The van der Waals surface area contributed by atoms with Crippen molar-refractivity contribution in [2.24, 2.45) is 5.41 Å². The van der Waals surface area contributed by atoms with E-state index in [1.807, 2.05) is 13.8 Å². The maximum atomic E-state index is 11.8. The molecule has 0 saturated heterocycles. The monoisotopic (exact) mass is 250 g/mol. The van der Waals surface area contributed by atoms with Crippen LogP contribution in [0, 0.1) is 5.41 Å². The van der Waals surface area contributed by atoms with Crippen LogP contribution in [0.1, 0.15) is 37.2 Å². The molecule has 18 heavy (non-hydrogen) atoms. The molecule has 0 unspecified atom stereocenters. The number of carbonyl (C=O) groups is 2. The molecule has 0 fully saturated rings. The summed E-state index contributed by atoms with van der Waals surface area (Å²) in [7, 11) is 0. The van der Waals surface area contributed by atoms with E-state index >= 15 is 0 Å². The fourth-order valence-electron chi connectivity index (χ4n) is 1.72.